The maximum Gasteiger partial charge on any atom is 0.261 e. The molecule has 112 valence electrons. The molecule has 0 amide bonds. The molecule has 0 atom stereocenters. The molecule has 2 aromatic carbocycles. The van der Waals surface area contributed by atoms with Crippen molar-refractivity contribution in [3.8, 4) is 11.1 Å². The van der Waals surface area contributed by atoms with Crippen molar-refractivity contribution in [1.29, 1.82) is 0 Å². The van der Waals surface area contributed by atoms with Crippen LogP contribution >= 0.6 is 0 Å². The van der Waals surface area contributed by atoms with Gasteiger partial charge < -0.3 is 0 Å². The number of benzene rings is 2. The summed E-state index contributed by atoms with van der Waals surface area (Å²) in [6.07, 6.45) is 1.58. The maximum absolute atomic E-state index is 13.3. The van der Waals surface area contributed by atoms with Crippen molar-refractivity contribution >= 4 is 10.9 Å². The van der Waals surface area contributed by atoms with Gasteiger partial charge in [-0.1, -0.05) is 32.0 Å². The second kappa shape index (κ2) is 5.72. The van der Waals surface area contributed by atoms with E-state index in [1.54, 1.807) is 23.0 Å². The number of aromatic nitrogens is 2. The van der Waals surface area contributed by atoms with Crippen molar-refractivity contribution in [2.24, 2.45) is 5.92 Å². The molecule has 0 unspecified atom stereocenters. The Hall–Kier alpha value is -2.49. The number of rotatable bonds is 3. The highest BCUT2D eigenvalue weighted by molar-refractivity contribution is 5.83. The maximum atomic E-state index is 13.3. The van der Waals surface area contributed by atoms with Gasteiger partial charge in [-0.05, 0) is 41.3 Å². The zero-order chi connectivity index (χ0) is 15.7. The number of hydrogen-bond donors (Lipinski definition) is 0. The standard InChI is InChI=1S/C18H17FN2O/c1-12(2)10-21-11-20-17-9-14(6-7-16(17)18(21)22)13-4-3-5-15(19)8-13/h3-9,11-12H,10H2,1-2H3. The highest BCUT2D eigenvalue weighted by atomic mass is 19.1. The summed E-state index contributed by atoms with van der Waals surface area (Å²) >= 11 is 0. The Labute approximate surface area is 128 Å². The summed E-state index contributed by atoms with van der Waals surface area (Å²) in [6, 6.07) is 11.8. The lowest BCUT2D eigenvalue weighted by Crippen LogP contribution is -2.22. The predicted octanol–water partition coefficient (Wildman–Crippen LogP) is 3.86. The third-order valence-electron chi connectivity index (χ3n) is 3.55. The van der Waals surface area contributed by atoms with Crippen LogP contribution in [0.15, 0.2) is 53.6 Å². The van der Waals surface area contributed by atoms with E-state index in [1.165, 1.54) is 12.1 Å². The van der Waals surface area contributed by atoms with Gasteiger partial charge in [0.1, 0.15) is 5.82 Å². The van der Waals surface area contributed by atoms with Gasteiger partial charge in [0, 0.05) is 6.54 Å². The van der Waals surface area contributed by atoms with Gasteiger partial charge in [-0.15, -0.1) is 0 Å². The number of nitrogens with zero attached hydrogens (tertiary/aromatic N) is 2. The first-order valence-electron chi connectivity index (χ1n) is 7.30. The van der Waals surface area contributed by atoms with Gasteiger partial charge in [-0.25, -0.2) is 9.37 Å². The second-order valence-corrected chi connectivity index (χ2v) is 5.84. The van der Waals surface area contributed by atoms with Crippen molar-refractivity contribution in [1.82, 2.24) is 9.55 Å². The molecule has 0 aliphatic rings. The van der Waals surface area contributed by atoms with Crippen molar-refractivity contribution in [3.05, 3.63) is 65.0 Å². The normalized spacial score (nSPS) is 11.3. The summed E-state index contributed by atoms with van der Waals surface area (Å²) in [5, 5.41) is 0.586. The van der Waals surface area contributed by atoms with E-state index in [4.69, 9.17) is 0 Å². The third kappa shape index (κ3) is 2.77. The largest absolute Gasteiger partial charge is 0.298 e. The fraction of sp³-hybridized carbons (Fsp3) is 0.222. The van der Waals surface area contributed by atoms with E-state index in [1.807, 2.05) is 18.2 Å². The molecule has 0 fully saturated rings. The molecule has 0 bridgehead atoms. The van der Waals surface area contributed by atoms with Gasteiger partial charge in [0.05, 0.1) is 17.2 Å². The molecule has 0 radical (unpaired) electrons. The lowest BCUT2D eigenvalue weighted by Gasteiger charge is -2.09. The Morgan fingerprint density at radius 1 is 1.14 bits per heavy atom. The molecule has 0 aliphatic carbocycles. The monoisotopic (exact) mass is 296 g/mol. The Morgan fingerprint density at radius 3 is 2.64 bits per heavy atom. The van der Waals surface area contributed by atoms with E-state index in [9.17, 15) is 9.18 Å². The van der Waals surface area contributed by atoms with Gasteiger partial charge >= 0.3 is 0 Å². The minimum absolute atomic E-state index is 0.0375. The van der Waals surface area contributed by atoms with Crippen LogP contribution in [0, 0.1) is 11.7 Å². The molecular formula is C18H17FN2O. The van der Waals surface area contributed by atoms with Crippen LogP contribution in [0.5, 0.6) is 0 Å². The minimum Gasteiger partial charge on any atom is -0.298 e. The molecule has 0 spiro atoms. The molecule has 1 heterocycles. The Kier molecular flexibility index (Phi) is 3.75. The molecule has 0 saturated heterocycles. The van der Waals surface area contributed by atoms with Gasteiger partial charge in [0.2, 0.25) is 0 Å². The van der Waals surface area contributed by atoms with E-state index >= 15 is 0 Å². The topological polar surface area (TPSA) is 34.9 Å². The van der Waals surface area contributed by atoms with Crippen LogP contribution in [0.2, 0.25) is 0 Å². The first-order chi connectivity index (χ1) is 10.5. The van der Waals surface area contributed by atoms with Gasteiger partial charge in [-0.2, -0.15) is 0 Å². The minimum atomic E-state index is -0.280. The van der Waals surface area contributed by atoms with Crippen molar-refractivity contribution in [2.75, 3.05) is 0 Å². The highest BCUT2D eigenvalue weighted by Gasteiger charge is 2.07. The fourth-order valence-corrected chi connectivity index (χ4v) is 2.53. The lowest BCUT2D eigenvalue weighted by atomic mass is 10.0. The molecule has 3 nitrogen and oxygen atoms in total. The van der Waals surface area contributed by atoms with Crippen LogP contribution in [-0.4, -0.2) is 9.55 Å². The van der Waals surface area contributed by atoms with E-state index in [0.29, 0.717) is 23.4 Å². The summed E-state index contributed by atoms with van der Waals surface area (Å²) < 4.78 is 15.0. The molecule has 0 N–H and O–H groups in total. The number of halogens is 1. The second-order valence-electron chi connectivity index (χ2n) is 5.84. The zero-order valence-electron chi connectivity index (χ0n) is 12.6. The van der Waals surface area contributed by atoms with Crippen molar-refractivity contribution in [3.63, 3.8) is 0 Å². The number of fused-ring (bicyclic) bond motifs is 1. The van der Waals surface area contributed by atoms with Crippen molar-refractivity contribution < 1.29 is 4.39 Å². The Morgan fingerprint density at radius 2 is 1.91 bits per heavy atom. The Bertz CT molecular complexity index is 884. The molecule has 0 aliphatic heterocycles. The molecular weight excluding hydrogens is 279 g/mol. The van der Waals surface area contributed by atoms with Crippen LogP contribution in [0.1, 0.15) is 13.8 Å². The summed E-state index contributed by atoms with van der Waals surface area (Å²) in [5.41, 5.74) is 2.21. The third-order valence-corrected chi connectivity index (χ3v) is 3.55. The summed E-state index contributed by atoms with van der Waals surface area (Å²) in [4.78, 5) is 16.8. The summed E-state index contributed by atoms with van der Waals surface area (Å²) in [6.45, 7) is 4.76. The lowest BCUT2D eigenvalue weighted by molar-refractivity contribution is 0.508. The number of hydrogen-bond acceptors (Lipinski definition) is 2. The average molecular weight is 296 g/mol. The molecule has 0 saturated carbocycles. The molecule has 22 heavy (non-hydrogen) atoms. The van der Waals surface area contributed by atoms with E-state index in [-0.39, 0.29) is 11.4 Å². The quantitative estimate of drug-likeness (QED) is 0.735. The highest BCUT2D eigenvalue weighted by Crippen LogP contribution is 2.22. The fourth-order valence-electron chi connectivity index (χ4n) is 2.53. The summed E-state index contributed by atoms with van der Waals surface area (Å²) in [7, 11) is 0. The molecule has 1 aromatic heterocycles. The van der Waals surface area contributed by atoms with Crippen LogP contribution in [0.25, 0.3) is 22.0 Å². The molecule has 3 aromatic rings. The van der Waals surface area contributed by atoms with Gasteiger partial charge in [0.25, 0.3) is 5.56 Å². The van der Waals surface area contributed by atoms with E-state index in [0.717, 1.165) is 11.1 Å². The van der Waals surface area contributed by atoms with Crippen LogP contribution in [0.3, 0.4) is 0 Å². The first kappa shape index (κ1) is 14.4. The van der Waals surface area contributed by atoms with E-state index < -0.39 is 0 Å². The summed E-state index contributed by atoms with van der Waals surface area (Å²) in [5.74, 6) is 0.0985. The Balaban J connectivity index is 2.10. The van der Waals surface area contributed by atoms with Crippen molar-refractivity contribution in [2.45, 2.75) is 20.4 Å². The van der Waals surface area contributed by atoms with Gasteiger partial charge in [-0.3, -0.25) is 9.36 Å². The predicted molar refractivity (Wildman–Crippen MR) is 86.2 cm³/mol. The zero-order valence-corrected chi connectivity index (χ0v) is 12.6. The van der Waals surface area contributed by atoms with Gasteiger partial charge in [0.15, 0.2) is 0 Å². The first-order valence-corrected chi connectivity index (χ1v) is 7.30. The van der Waals surface area contributed by atoms with Crippen LogP contribution in [0.4, 0.5) is 4.39 Å². The molecule has 4 heteroatoms. The average Bonchev–Trinajstić information content (AvgIpc) is 2.49. The smallest absolute Gasteiger partial charge is 0.261 e. The van der Waals surface area contributed by atoms with Crippen LogP contribution in [-0.2, 0) is 6.54 Å². The van der Waals surface area contributed by atoms with E-state index in [2.05, 4.69) is 18.8 Å². The SMILES string of the molecule is CC(C)Cn1cnc2cc(-c3cccc(F)c3)ccc2c1=O. The van der Waals surface area contributed by atoms with Crippen LogP contribution < -0.4 is 5.56 Å². The molecule has 3 rings (SSSR count).